The first-order chi connectivity index (χ1) is 13.4. The van der Waals surface area contributed by atoms with Crippen molar-refractivity contribution in [3.8, 4) is 6.07 Å². The van der Waals surface area contributed by atoms with Gasteiger partial charge in [-0.05, 0) is 47.4 Å². The number of nitrogens with one attached hydrogen (secondary N) is 2. The molecule has 5 heteroatoms. The van der Waals surface area contributed by atoms with E-state index in [9.17, 15) is 4.79 Å². The summed E-state index contributed by atoms with van der Waals surface area (Å²) in [6.07, 6.45) is 1.60. The van der Waals surface area contributed by atoms with Crippen molar-refractivity contribution in [3.05, 3.63) is 83.7 Å². The quantitative estimate of drug-likeness (QED) is 0.658. The summed E-state index contributed by atoms with van der Waals surface area (Å²) in [6, 6.07) is 20.5. The first-order valence-electron chi connectivity index (χ1n) is 9.01. The van der Waals surface area contributed by atoms with Gasteiger partial charge in [-0.1, -0.05) is 45.0 Å². The van der Waals surface area contributed by atoms with E-state index in [-0.39, 0.29) is 11.3 Å². The number of hydrogen-bond acceptors (Lipinski definition) is 4. The number of aromatic nitrogens is 1. The molecule has 1 amide bonds. The highest BCUT2D eigenvalue weighted by Crippen LogP contribution is 2.29. The van der Waals surface area contributed by atoms with Gasteiger partial charge < -0.3 is 10.6 Å². The van der Waals surface area contributed by atoms with Gasteiger partial charge in [-0.3, -0.25) is 4.79 Å². The minimum absolute atomic E-state index is 0.0803. The van der Waals surface area contributed by atoms with Crippen LogP contribution in [0.15, 0.2) is 66.9 Å². The summed E-state index contributed by atoms with van der Waals surface area (Å²) < 4.78 is 0. The van der Waals surface area contributed by atoms with Crippen LogP contribution in [-0.2, 0) is 5.41 Å². The van der Waals surface area contributed by atoms with Crippen molar-refractivity contribution in [1.29, 1.82) is 5.26 Å². The molecule has 5 nitrogen and oxygen atoms in total. The Morgan fingerprint density at radius 3 is 2.46 bits per heavy atom. The highest BCUT2D eigenvalue weighted by atomic mass is 16.1. The maximum Gasteiger partial charge on any atom is 0.274 e. The highest BCUT2D eigenvalue weighted by Gasteiger charge is 2.19. The van der Waals surface area contributed by atoms with E-state index in [1.807, 2.05) is 36.4 Å². The van der Waals surface area contributed by atoms with Crippen LogP contribution in [0.25, 0.3) is 0 Å². The van der Waals surface area contributed by atoms with E-state index in [1.54, 1.807) is 30.5 Å². The molecule has 0 atom stereocenters. The zero-order valence-corrected chi connectivity index (χ0v) is 16.2. The number of rotatable bonds is 4. The van der Waals surface area contributed by atoms with Gasteiger partial charge in [-0.2, -0.15) is 5.26 Å². The SMILES string of the molecule is CC(C)(C)c1ccccc1NC(=O)c1ccc(Nc2cccc(C#N)c2)cn1. The predicted octanol–water partition coefficient (Wildman–Crippen LogP) is 5.25. The summed E-state index contributed by atoms with van der Waals surface area (Å²) in [4.78, 5) is 16.9. The number of nitriles is 1. The molecule has 0 saturated carbocycles. The first-order valence-corrected chi connectivity index (χ1v) is 9.01. The first kappa shape index (κ1) is 19.1. The van der Waals surface area contributed by atoms with Crippen LogP contribution < -0.4 is 10.6 Å². The molecule has 2 aromatic carbocycles. The fourth-order valence-corrected chi connectivity index (χ4v) is 2.87. The fourth-order valence-electron chi connectivity index (χ4n) is 2.87. The van der Waals surface area contributed by atoms with Crippen LogP contribution in [0, 0.1) is 11.3 Å². The number of para-hydroxylation sites is 1. The van der Waals surface area contributed by atoms with Crippen LogP contribution in [0.5, 0.6) is 0 Å². The van der Waals surface area contributed by atoms with E-state index in [1.165, 1.54) is 0 Å². The molecule has 1 aromatic heterocycles. The van der Waals surface area contributed by atoms with Gasteiger partial charge in [0.15, 0.2) is 0 Å². The molecule has 0 unspecified atom stereocenters. The summed E-state index contributed by atoms with van der Waals surface area (Å²) in [5.41, 5.74) is 4.21. The maximum atomic E-state index is 12.6. The van der Waals surface area contributed by atoms with E-state index >= 15 is 0 Å². The van der Waals surface area contributed by atoms with Crippen molar-refractivity contribution >= 4 is 23.0 Å². The predicted molar refractivity (Wildman–Crippen MR) is 112 cm³/mol. The van der Waals surface area contributed by atoms with Gasteiger partial charge in [0.25, 0.3) is 5.91 Å². The molecule has 0 aliphatic carbocycles. The zero-order chi connectivity index (χ0) is 20.1. The molecule has 140 valence electrons. The highest BCUT2D eigenvalue weighted by molar-refractivity contribution is 6.03. The average Bonchev–Trinajstić information content (AvgIpc) is 2.68. The number of benzene rings is 2. The average molecular weight is 370 g/mol. The molecule has 2 N–H and O–H groups in total. The van der Waals surface area contributed by atoms with Crippen molar-refractivity contribution in [1.82, 2.24) is 4.98 Å². The third-order valence-corrected chi connectivity index (χ3v) is 4.26. The Morgan fingerprint density at radius 2 is 1.79 bits per heavy atom. The van der Waals surface area contributed by atoms with Crippen molar-refractivity contribution in [2.45, 2.75) is 26.2 Å². The van der Waals surface area contributed by atoms with Crippen LogP contribution in [0.4, 0.5) is 17.1 Å². The van der Waals surface area contributed by atoms with E-state index in [0.717, 1.165) is 22.6 Å². The standard InChI is InChI=1S/C23H22N4O/c1-23(2,3)19-9-4-5-10-20(19)27-22(28)21-12-11-18(15-25-21)26-17-8-6-7-16(13-17)14-24/h4-13,15,26H,1-3H3,(H,27,28). The van der Waals surface area contributed by atoms with Crippen LogP contribution in [-0.4, -0.2) is 10.9 Å². The van der Waals surface area contributed by atoms with Gasteiger partial charge in [0.05, 0.1) is 23.5 Å². The van der Waals surface area contributed by atoms with Gasteiger partial charge >= 0.3 is 0 Å². The summed E-state index contributed by atoms with van der Waals surface area (Å²) >= 11 is 0. The van der Waals surface area contributed by atoms with Crippen LogP contribution in [0.3, 0.4) is 0 Å². The number of anilines is 3. The third kappa shape index (κ3) is 4.54. The minimum atomic E-state index is -0.255. The van der Waals surface area contributed by atoms with E-state index < -0.39 is 0 Å². The van der Waals surface area contributed by atoms with E-state index in [0.29, 0.717) is 11.3 Å². The number of nitrogens with zero attached hydrogens (tertiary/aromatic N) is 2. The lowest BCUT2D eigenvalue weighted by atomic mass is 9.86. The topological polar surface area (TPSA) is 77.8 Å². The number of carbonyl (C=O) groups is 1. The molecule has 0 spiro atoms. The zero-order valence-electron chi connectivity index (χ0n) is 16.2. The molecule has 3 aromatic rings. The summed E-state index contributed by atoms with van der Waals surface area (Å²) in [6.45, 7) is 6.33. The molecule has 0 fully saturated rings. The molecule has 0 bridgehead atoms. The Morgan fingerprint density at radius 1 is 1.00 bits per heavy atom. The molecule has 28 heavy (non-hydrogen) atoms. The van der Waals surface area contributed by atoms with Crippen molar-refractivity contribution < 1.29 is 4.79 Å². The lowest BCUT2D eigenvalue weighted by Crippen LogP contribution is -2.19. The van der Waals surface area contributed by atoms with Gasteiger partial charge in [0, 0.05) is 11.4 Å². The van der Waals surface area contributed by atoms with Crippen molar-refractivity contribution in [3.63, 3.8) is 0 Å². The number of pyridine rings is 1. The second kappa shape index (κ2) is 7.93. The number of carbonyl (C=O) groups excluding carboxylic acids is 1. The Labute approximate surface area is 165 Å². The van der Waals surface area contributed by atoms with Crippen molar-refractivity contribution in [2.75, 3.05) is 10.6 Å². The smallest absolute Gasteiger partial charge is 0.274 e. The molecule has 3 rings (SSSR count). The molecule has 0 saturated heterocycles. The molecule has 1 heterocycles. The van der Waals surface area contributed by atoms with Gasteiger partial charge in [-0.15, -0.1) is 0 Å². The molecular formula is C23H22N4O. The van der Waals surface area contributed by atoms with Crippen LogP contribution in [0.2, 0.25) is 0 Å². The monoisotopic (exact) mass is 370 g/mol. The van der Waals surface area contributed by atoms with Crippen molar-refractivity contribution in [2.24, 2.45) is 0 Å². The minimum Gasteiger partial charge on any atom is -0.354 e. The Kier molecular flexibility index (Phi) is 5.42. The molecular weight excluding hydrogens is 348 g/mol. The van der Waals surface area contributed by atoms with Crippen LogP contribution >= 0.6 is 0 Å². The summed E-state index contributed by atoms with van der Waals surface area (Å²) in [5.74, 6) is -0.255. The largest absolute Gasteiger partial charge is 0.354 e. The Balaban J connectivity index is 1.73. The summed E-state index contributed by atoms with van der Waals surface area (Å²) in [7, 11) is 0. The maximum absolute atomic E-state index is 12.6. The second-order valence-electron chi connectivity index (χ2n) is 7.50. The Bertz CT molecular complexity index is 1030. The number of hydrogen-bond donors (Lipinski definition) is 2. The second-order valence-corrected chi connectivity index (χ2v) is 7.50. The normalized spacial score (nSPS) is 10.8. The van der Waals surface area contributed by atoms with E-state index in [4.69, 9.17) is 5.26 Å². The third-order valence-electron chi connectivity index (χ3n) is 4.26. The molecule has 0 aliphatic rings. The summed E-state index contributed by atoms with van der Waals surface area (Å²) in [5, 5.41) is 15.1. The Hall–Kier alpha value is -3.65. The molecule has 0 radical (unpaired) electrons. The fraction of sp³-hybridized carbons (Fsp3) is 0.174. The number of amides is 1. The van der Waals surface area contributed by atoms with E-state index in [2.05, 4.69) is 42.5 Å². The van der Waals surface area contributed by atoms with Gasteiger partial charge in [0.2, 0.25) is 0 Å². The molecule has 0 aliphatic heterocycles. The van der Waals surface area contributed by atoms with Crippen LogP contribution in [0.1, 0.15) is 42.4 Å². The lowest BCUT2D eigenvalue weighted by molar-refractivity contribution is 0.102. The van der Waals surface area contributed by atoms with Gasteiger partial charge in [0.1, 0.15) is 5.69 Å². The lowest BCUT2D eigenvalue weighted by Gasteiger charge is -2.22. The van der Waals surface area contributed by atoms with Gasteiger partial charge in [-0.25, -0.2) is 4.98 Å².